The Kier molecular flexibility index (Phi) is 6.18. The molecule has 2 aromatic heterocycles. The average molecular weight is 404 g/mol. The summed E-state index contributed by atoms with van der Waals surface area (Å²) in [6, 6.07) is 1.79. The highest BCUT2D eigenvalue weighted by Gasteiger charge is 2.21. The molecule has 0 amide bonds. The van der Waals surface area contributed by atoms with Gasteiger partial charge in [-0.2, -0.15) is 16.9 Å². The van der Waals surface area contributed by atoms with E-state index in [2.05, 4.69) is 33.7 Å². The topological polar surface area (TPSA) is 67.4 Å². The van der Waals surface area contributed by atoms with Crippen LogP contribution in [-0.2, 0) is 25.3 Å². The van der Waals surface area contributed by atoms with Crippen LogP contribution in [0.2, 0.25) is 0 Å². The van der Waals surface area contributed by atoms with Crippen LogP contribution in [0.5, 0.6) is 0 Å². The van der Waals surface area contributed by atoms with Crippen LogP contribution >= 0.6 is 11.8 Å². The smallest absolute Gasteiger partial charge is 0.267 e. The molecule has 0 saturated carbocycles. The minimum atomic E-state index is 0.0344. The molecule has 0 atom stereocenters. The van der Waals surface area contributed by atoms with Gasteiger partial charge in [-0.3, -0.25) is 14.6 Å². The van der Waals surface area contributed by atoms with Gasteiger partial charge in [0.25, 0.3) is 5.56 Å². The van der Waals surface area contributed by atoms with Gasteiger partial charge in [-0.05, 0) is 11.3 Å². The number of piperazine rings is 1. The molecule has 0 aliphatic carbocycles. The van der Waals surface area contributed by atoms with Gasteiger partial charge in [0, 0.05) is 63.4 Å². The van der Waals surface area contributed by atoms with Crippen molar-refractivity contribution in [3.63, 3.8) is 0 Å². The van der Waals surface area contributed by atoms with Crippen molar-refractivity contribution in [2.24, 2.45) is 0 Å². The van der Waals surface area contributed by atoms with Gasteiger partial charge in [0.2, 0.25) is 0 Å². The molecule has 1 fully saturated rings. The fourth-order valence-electron chi connectivity index (χ4n) is 3.90. The van der Waals surface area contributed by atoms with Crippen molar-refractivity contribution >= 4 is 11.8 Å². The lowest BCUT2D eigenvalue weighted by Gasteiger charge is -2.34. The van der Waals surface area contributed by atoms with E-state index in [0.29, 0.717) is 12.5 Å². The number of hydrogen-bond acceptors (Lipinski definition) is 7. The van der Waals surface area contributed by atoms with E-state index in [-0.39, 0.29) is 5.56 Å². The minimum absolute atomic E-state index is 0.0344. The molecule has 0 aromatic carbocycles. The Balaban J connectivity index is 1.28. The van der Waals surface area contributed by atoms with E-state index >= 15 is 0 Å². The molecule has 2 aromatic rings. The van der Waals surface area contributed by atoms with Gasteiger partial charge < -0.3 is 4.42 Å². The first kappa shape index (κ1) is 19.7. The Morgan fingerprint density at radius 1 is 1.18 bits per heavy atom. The largest absolute Gasteiger partial charge is 0.448 e. The molecule has 1 saturated heterocycles. The lowest BCUT2D eigenvalue weighted by atomic mass is 10.1. The van der Waals surface area contributed by atoms with Crippen LogP contribution in [0.1, 0.15) is 42.5 Å². The second kappa shape index (κ2) is 8.80. The first-order valence-corrected chi connectivity index (χ1v) is 11.3. The standard InChI is InChI=1S/C20H29N5O2S/c1-15(2)20-18(21-14-27-20)12-24-6-4-23(5-7-24)8-9-25-19(26)11-16-13-28-10-3-17(16)22-25/h11,14-15H,3-10,12-13H2,1-2H3. The molecular weight excluding hydrogens is 374 g/mol. The summed E-state index contributed by atoms with van der Waals surface area (Å²) in [6.07, 6.45) is 2.53. The zero-order valence-electron chi connectivity index (χ0n) is 16.8. The van der Waals surface area contributed by atoms with Crippen molar-refractivity contribution in [1.29, 1.82) is 0 Å². The number of oxazole rings is 1. The Labute approximate surface area is 170 Å². The Hall–Kier alpha value is -1.64. The molecule has 28 heavy (non-hydrogen) atoms. The van der Waals surface area contributed by atoms with Gasteiger partial charge in [0.1, 0.15) is 5.76 Å². The van der Waals surface area contributed by atoms with Crippen LogP contribution in [0.4, 0.5) is 0 Å². The SMILES string of the molecule is CC(C)c1ocnc1CN1CCN(CCn2nc3c(cc2=O)CSCC3)CC1. The third-order valence-corrected chi connectivity index (χ3v) is 6.58. The van der Waals surface area contributed by atoms with E-state index in [4.69, 9.17) is 4.42 Å². The van der Waals surface area contributed by atoms with Crippen LogP contribution in [0.25, 0.3) is 0 Å². The Morgan fingerprint density at radius 2 is 1.96 bits per heavy atom. The molecule has 0 unspecified atom stereocenters. The Bertz CT molecular complexity index is 855. The molecule has 4 heterocycles. The van der Waals surface area contributed by atoms with Gasteiger partial charge in [-0.1, -0.05) is 13.8 Å². The normalized spacial score (nSPS) is 18.5. The van der Waals surface area contributed by atoms with E-state index in [1.54, 1.807) is 17.1 Å². The van der Waals surface area contributed by atoms with Gasteiger partial charge in [0.05, 0.1) is 17.9 Å². The summed E-state index contributed by atoms with van der Waals surface area (Å²) in [5.74, 6) is 3.38. The third-order valence-electron chi connectivity index (χ3n) is 5.57. The number of fused-ring (bicyclic) bond motifs is 1. The minimum Gasteiger partial charge on any atom is -0.448 e. The zero-order chi connectivity index (χ0) is 19.5. The highest BCUT2D eigenvalue weighted by molar-refractivity contribution is 7.98. The summed E-state index contributed by atoms with van der Waals surface area (Å²) in [5, 5.41) is 4.62. The zero-order valence-corrected chi connectivity index (χ0v) is 17.6. The number of rotatable bonds is 6. The number of aromatic nitrogens is 3. The van der Waals surface area contributed by atoms with E-state index in [1.807, 2.05) is 11.8 Å². The van der Waals surface area contributed by atoms with Crippen molar-refractivity contribution in [3.05, 3.63) is 45.5 Å². The van der Waals surface area contributed by atoms with Crippen LogP contribution < -0.4 is 5.56 Å². The molecule has 152 valence electrons. The first-order valence-electron chi connectivity index (χ1n) is 10.1. The molecule has 4 rings (SSSR count). The van der Waals surface area contributed by atoms with Crippen molar-refractivity contribution < 1.29 is 4.42 Å². The quantitative estimate of drug-likeness (QED) is 0.730. The third kappa shape index (κ3) is 4.50. The summed E-state index contributed by atoms with van der Waals surface area (Å²) in [6.45, 7) is 10.7. The maximum atomic E-state index is 12.3. The van der Waals surface area contributed by atoms with Crippen LogP contribution in [-0.4, -0.2) is 63.0 Å². The maximum Gasteiger partial charge on any atom is 0.267 e. The molecule has 7 nitrogen and oxygen atoms in total. The predicted octanol–water partition coefficient (Wildman–Crippen LogP) is 1.96. The number of aryl methyl sites for hydroxylation is 1. The van der Waals surface area contributed by atoms with E-state index in [1.165, 1.54) is 0 Å². The highest BCUT2D eigenvalue weighted by atomic mass is 32.2. The predicted molar refractivity (Wildman–Crippen MR) is 111 cm³/mol. The monoisotopic (exact) mass is 403 g/mol. The summed E-state index contributed by atoms with van der Waals surface area (Å²) in [7, 11) is 0. The molecule has 0 bridgehead atoms. The average Bonchev–Trinajstić information content (AvgIpc) is 3.16. The van der Waals surface area contributed by atoms with Crippen molar-refractivity contribution in [3.8, 4) is 0 Å². The molecule has 2 aliphatic rings. The fraction of sp³-hybridized carbons (Fsp3) is 0.650. The maximum absolute atomic E-state index is 12.3. The fourth-order valence-corrected chi connectivity index (χ4v) is 4.85. The van der Waals surface area contributed by atoms with Gasteiger partial charge >= 0.3 is 0 Å². The summed E-state index contributed by atoms with van der Waals surface area (Å²) in [4.78, 5) is 21.6. The van der Waals surface area contributed by atoms with Crippen molar-refractivity contribution in [2.75, 3.05) is 38.5 Å². The van der Waals surface area contributed by atoms with Crippen molar-refractivity contribution in [1.82, 2.24) is 24.6 Å². The van der Waals surface area contributed by atoms with Crippen molar-refractivity contribution in [2.45, 2.75) is 45.0 Å². The van der Waals surface area contributed by atoms with Gasteiger partial charge in [-0.15, -0.1) is 0 Å². The lowest BCUT2D eigenvalue weighted by Crippen LogP contribution is -2.47. The molecule has 0 spiro atoms. The Morgan fingerprint density at radius 3 is 2.75 bits per heavy atom. The molecule has 2 aliphatic heterocycles. The summed E-state index contributed by atoms with van der Waals surface area (Å²) < 4.78 is 7.20. The second-order valence-corrected chi connectivity index (χ2v) is 9.02. The first-order chi connectivity index (χ1) is 13.6. The van der Waals surface area contributed by atoms with Crippen LogP contribution in [0, 0.1) is 0 Å². The lowest BCUT2D eigenvalue weighted by molar-refractivity contribution is 0.121. The van der Waals surface area contributed by atoms with Crippen LogP contribution in [0.3, 0.4) is 0 Å². The summed E-state index contributed by atoms with van der Waals surface area (Å²) in [5.41, 5.74) is 3.33. The van der Waals surface area contributed by atoms with Crippen LogP contribution in [0.15, 0.2) is 21.7 Å². The van der Waals surface area contributed by atoms with Gasteiger partial charge in [0.15, 0.2) is 6.39 Å². The number of hydrogen-bond donors (Lipinski definition) is 0. The van der Waals surface area contributed by atoms with E-state index < -0.39 is 0 Å². The van der Waals surface area contributed by atoms with Gasteiger partial charge in [-0.25, -0.2) is 9.67 Å². The molecular formula is C20H29N5O2S. The second-order valence-electron chi connectivity index (χ2n) is 7.92. The molecule has 0 radical (unpaired) electrons. The summed E-state index contributed by atoms with van der Waals surface area (Å²) >= 11 is 1.88. The highest BCUT2D eigenvalue weighted by Crippen LogP contribution is 2.21. The number of thioether (sulfide) groups is 1. The molecule has 0 N–H and O–H groups in total. The van der Waals surface area contributed by atoms with E-state index in [0.717, 1.165) is 79.9 Å². The van der Waals surface area contributed by atoms with E-state index in [9.17, 15) is 4.79 Å². The molecule has 8 heteroatoms. The number of nitrogens with zero attached hydrogens (tertiary/aromatic N) is 5.